The topological polar surface area (TPSA) is 89.9 Å². The maximum absolute atomic E-state index is 5.77. The van der Waals surface area contributed by atoms with Crippen molar-refractivity contribution in [3.05, 3.63) is 17.7 Å². The molecule has 0 unspecified atom stereocenters. The predicted octanol–water partition coefficient (Wildman–Crippen LogP) is 3.99. The molecule has 7 heteroatoms. The van der Waals surface area contributed by atoms with Crippen LogP contribution in [0.15, 0.2) is 8.83 Å². The van der Waals surface area contributed by atoms with Crippen LogP contribution in [-0.4, -0.2) is 26.9 Å². The monoisotopic (exact) mass is 347 g/mol. The van der Waals surface area contributed by atoms with E-state index >= 15 is 0 Å². The molecule has 0 atom stereocenters. The Morgan fingerprint density at radius 1 is 0.920 bits per heavy atom. The molecule has 0 saturated heterocycles. The van der Waals surface area contributed by atoms with Crippen LogP contribution in [0.2, 0.25) is 0 Å². The number of aromatic nitrogens is 4. The Hall–Kier alpha value is -1.92. The lowest BCUT2D eigenvalue weighted by molar-refractivity contribution is 0.300. The van der Waals surface area contributed by atoms with Crippen LogP contribution >= 0.6 is 0 Å². The van der Waals surface area contributed by atoms with Crippen LogP contribution in [0, 0.1) is 10.8 Å². The highest BCUT2D eigenvalue weighted by atomic mass is 16.4. The van der Waals surface area contributed by atoms with E-state index < -0.39 is 0 Å². The van der Waals surface area contributed by atoms with Gasteiger partial charge >= 0.3 is 6.01 Å². The summed E-state index contributed by atoms with van der Waals surface area (Å²) in [6, 6.07) is 0.490. The third kappa shape index (κ3) is 5.54. The first-order valence-corrected chi connectivity index (χ1v) is 9.09. The highest BCUT2D eigenvalue weighted by molar-refractivity contribution is 5.16. The van der Waals surface area contributed by atoms with Gasteiger partial charge in [0.05, 0.1) is 0 Å². The Labute approximate surface area is 149 Å². The van der Waals surface area contributed by atoms with Crippen molar-refractivity contribution in [2.45, 2.75) is 72.6 Å². The van der Waals surface area contributed by atoms with Gasteiger partial charge in [0.15, 0.2) is 0 Å². The first-order valence-electron chi connectivity index (χ1n) is 9.09. The lowest BCUT2D eigenvalue weighted by Crippen LogP contribution is -2.20. The lowest BCUT2D eigenvalue weighted by atomic mass is 9.85. The second kappa shape index (κ2) is 6.77. The van der Waals surface area contributed by atoms with Crippen LogP contribution in [0.25, 0.3) is 0 Å². The molecule has 1 N–H and O–H groups in total. The molecular formula is C18H29N5O2. The van der Waals surface area contributed by atoms with Gasteiger partial charge in [-0.05, 0) is 30.1 Å². The number of nitrogens with zero attached hydrogens (tertiary/aromatic N) is 4. The molecule has 0 bridgehead atoms. The van der Waals surface area contributed by atoms with Crippen molar-refractivity contribution in [3.63, 3.8) is 0 Å². The summed E-state index contributed by atoms with van der Waals surface area (Å²) in [6.07, 6.45) is 4.83. The van der Waals surface area contributed by atoms with Crippen molar-refractivity contribution >= 4 is 6.01 Å². The molecule has 0 aromatic carbocycles. The van der Waals surface area contributed by atoms with E-state index in [0.717, 1.165) is 37.6 Å². The van der Waals surface area contributed by atoms with E-state index in [-0.39, 0.29) is 10.8 Å². The normalized spacial score (nSPS) is 15.6. The van der Waals surface area contributed by atoms with E-state index in [4.69, 9.17) is 8.83 Å². The number of nitrogens with one attached hydrogen (secondary N) is 1. The van der Waals surface area contributed by atoms with Crippen LogP contribution in [0.5, 0.6) is 0 Å². The third-order valence-corrected chi connectivity index (χ3v) is 4.27. The molecule has 1 saturated carbocycles. The van der Waals surface area contributed by atoms with E-state index in [1.54, 1.807) is 0 Å². The van der Waals surface area contributed by atoms with Crippen LogP contribution in [-0.2, 0) is 12.8 Å². The molecule has 0 aliphatic heterocycles. The van der Waals surface area contributed by atoms with E-state index in [1.807, 2.05) is 0 Å². The van der Waals surface area contributed by atoms with Crippen LogP contribution < -0.4 is 5.32 Å². The second-order valence-electron chi connectivity index (χ2n) is 9.06. The predicted molar refractivity (Wildman–Crippen MR) is 94.3 cm³/mol. The van der Waals surface area contributed by atoms with Gasteiger partial charge in [-0.2, -0.15) is 0 Å². The lowest BCUT2D eigenvalue weighted by Gasteiger charge is -2.22. The van der Waals surface area contributed by atoms with Crippen LogP contribution in [0.3, 0.4) is 0 Å². The van der Waals surface area contributed by atoms with Gasteiger partial charge in [0.25, 0.3) is 0 Å². The van der Waals surface area contributed by atoms with Gasteiger partial charge in [-0.1, -0.05) is 39.7 Å². The fraction of sp³-hybridized carbons (Fsp3) is 0.778. The molecule has 25 heavy (non-hydrogen) atoms. The zero-order valence-electron chi connectivity index (χ0n) is 15.9. The summed E-state index contributed by atoms with van der Waals surface area (Å²) in [7, 11) is 0. The minimum atomic E-state index is 0.0502. The molecule has 0 radical (unpaired) electrons. The molecule has 1 aliphatic rings. The molecule has 2 aromatic heterocycles. The van der Waals surface area contributed by atoms with Gasteiger partial charge in [-0.15, -0.1) is 15.3 Å². The summed E-state index contributed by atoms with van der Waals surface area (Å²) in [5, 5.41) is 19.7. The highest BCUT2D eigenvalue weighted by Gasteiger charge is 2.30. The van der Waals surface area contributed by atoms with Gasteiger partial charge in [0, 0.05) is 25.3 Å². The van der Waals surface area contributed by atoms with Crippen molar-refractivity contribution in [1.29, 1.82) is 0 Å². The second-order valence-corrected chi connectivity index (χ2v) is 9.06. The minimum Gasteiger partial charge on any atom is -0.425 e. The van der Waals surface area contributed by atoms with Gasteiger partial charge < -0.3 is 14.2 Å². The molecule has 0 amide bonds. The van der Waals surface area contributed by atoms with Crippen molar-refractivity contribution in [3.8, 4) is 0 Å². The summed E-state index contributed by atoms with van der Waals surface area (Å²) in [5.74, 6) is 2.72. The van der Waals surface area contributed by atoms with Gasteiger partial charge in [-0.25, -0.2) is 0 Å². The van der Waals surface area contributed by atoms with Crippen molar-refractivity contribution in [2.75, 3.05) is 11.9 Å². The molecule has 1 fully saturated rings. The maximum atomic E-state index is 5.77. The van der Waals surface area contributed by atoms with E-state index in [9.17, 15) is 0 Å². The smallest absolute Gasteiger partial charge is 0.315 e. The highest BCUT2D eigenvalue weighted by Crippen LogP contribution is 2.39. The first-order chi connectivity index (χ1) is 11.7. The molecule has 2 aromatic rings. The van der Waals surface area contributed by atoms with Gasteiger partial charge in [-0.3, -0.25) is 0 Å². The largest absolute Gasteiger partial charge is 0.425 e. The summed E-state index contributed by atoms with van der Waals surface area (Å²) < 4.78 is 11.4. The standard InChI is InChI=1S/C18H29N5O2/c1-17(2,3)10-13-21-23-16(25-13)19-9-8-18(4,5)11-14-20-22-15(24-14)12-6-7-12/h12H,6-11H2,1-5H3,(H,19,23). The Kier molecular flexibility index (Phi) is 4.84. The molecule has 138 valence electrons. The van der Waals surface area contributed by atoms with E-state index in [0.29, 0.717) is 17.8 Å². The molecule has 7 nitrogen and oxygen atoms in total. The Morgan fingerprint density at radius 2 is 1.60 bits per heavy atom. The summed E-state index contributed by atoms with van der Waals surface area (Å²) in [6.45, 7) is 11.6. The first kappa shape index (κ1) is 17.9. The zero-order valence-corrected chi connectivity index (χ0v) is 15.9. The quantitative estimate of drug-likeness (QED) is 0.772. The van der Waals surface area contributed by atoms with Crippen molar-refractivity contribution in [2.24, 2.45) is 10.8 Å². The molecule has 3 rings (SSSR count). The molecular weight excluding hydrogens is 318 g/mol. The maximum Gasteiger partial charge on any atom is 0.315 e. The molecule has 2 heterocycles. The third-order valence-electron chi connectivity index (χ3n) is 4.27. The average Bonchev–Trinajstić information content (AvgIpc) is 3.08. The van der Waals surface area contributed by atoms with Crippen molar-refractivity contribution in [1.82, 2.24) is 20.4 Å². The summed E-state index contributed by atoms with van der Waals surface area (Å²) in [4.78, 5) is 0. The van der Waals surface area contributed by atoms with Crippen molar-refractivity contribution < 1.29 is 8.83 Å². The average molecular weight is 347 g/mol. The number of rotatable bonds is 8. The number of anilines is 1. The van der Waals surface area contributed by atoms with E-state index in [1.165, 1.54) is 12.8 Å². The minimum absolute atomic E-state index is 0.0502. The Morgan fingerprint density at radius 3 is 2.28 bits per heavy atom. The van der Waals surface area contributed by atoms with Crippen LogP contribution in [0.4, 0.5) is 6.01 Å². The molecule has 1 aliphatic carbocycles. The van der Waals surface area contributed by atoms with Gasteiger partial charge in [0.2, 0.25) is 17.7 Å². The van der Waals surface area contributed by atoms with Gasteiger partial charge in [0.1, 0.15) is 0 Å². The Bertz CT molecular complexity index is 694. The molecule has 0 spiro atoms. The SMILES string of the molecule is CC(C)(C)Cc1nnc(NCCC(C)(C)Cc2nnc(C3CC3)o2)o1. The van der Waals surface area contributed by atoms with Crippen LogP contribution in [0.1, 0.15) is 77.5 Å². The zero-order chi connectivity index (χ0) is 18.1. The summed E-state index contributed by atoms with van der Waals surface area (Å²) in [5.41, 5.74) is 0.184. The number of hydrogen-bond donors (Lipinski definition) is 1. The van der Waals surface area contributed by atoms with E-state index in [2.05, 4.69) is 60.3 Å². The fourth-order valence-electron chi connectivity index (χ4n) is 2.69. The fourth-order valence-corrected chi connectivity index (χ4v) is 2.69. The Balaban J connectivity index is 1.45. The summed E-state index contributed by atoms with van der Waals surface area (Å²) >= 11 is 0. The number of hydrogen-bond acceptors (Lipinski definition) is 7.